The molecule has 0 N–H and O–H groups in total. The molecule has 5 nitrogen and oxygen atoms in total. The molecule has 2 heterocycles. The monoisotopic (exact) mass is 313 g/mol. The Hall–Kier alpha value is -0.720. The van der Waals surface area contributed by atoms with E-state index in [9.17, 15) is 0 Å². The maximum Gasteiger partial charge on any atom is 0.142 e. The van der Waals surface area contributed by atoms with Gasteiger partial charge in [0.25, 0.3) is 0 Å². The molecule has 0 aromatic rings. The fourth-order valence-corrected chi connectivity index (χ4v) is 3.83. The summed E-state index contributed by atoms with van der Waals surface area (Å²) < 4.78 is 11.1. The highest BCUT2D eigenvalue weighted by atomic mass is 32.2. The zero-order valence-electron chi connectivity index (χ0n) is 13.7. The molecule has 2 aliphatic heterocycles. The second-order valence-electron chi connectivity index (χ2n) is 5.89. The number of rotatable bonds is 5. The molecular weight excluding hydrogens is 286 g/mol. The number of methoxy groups -OCH3 is 1. The Labute approximate surface area is 132 Å². The third-order valence-electron chi connectivity index (χ3n) is 3.59. The Morgan fingerprint density at radius 2 is 2.14 bits per heavy atom. The second-order valence-corrected chi connectivity index (χ2v) is 7.08. The van der Waals surface area contributed by atoms with E-state index in [0.29, 0.717) is 25.4 Å². The van der Waals surface area contributed by atoms with Crippen LogP contribution >= 0.6 is 11.8 Å². The highest BCUT2D eigenvalue weighted by Crippen LogP contribution is 2.28. The smallest absolute Gasteiger partial charge is 0.142 e. The molecule has 0 aliphatic carbocycles. The van der Waals surface area contributed by atoms with Crippen molar-refractivity contribution in [1.82, 2.24) is 9.80 Å². The normalized spacial score (nSPS) is 25.9. The van der Waals surface area contributed by atoms with Crippen LogP contribution in [-0.4, -0.2) is 65.5 Å². The molecule has 1 saturated heterocycles. The number of hydrogen-bond donors (Lipinski definition) is 0. The molecule has 0 unspecified atom stereocenters. The molecule has 0 bridgehead atoms. The summed E-state index contributed by atoms with van der Waals surface area (Å²) in [7, 11) is 1.71. The van der Waals surface area contributed by atoms with Gasteiger partial charge in [0.2, 0.25) is 0 Å². The maximum absolute atomic E-state index is 5.96. The number of thioether (sulfide) groups is 1. The van der Waals surface area contributed by atoms with E-state index < -0.39 is 0 Å². The SMILES string of the molecule is COC[C@H]1O[C@@H](N2C=CC(N(C(C)C)C(C)C)=NC2)CS1. The van der Waals surface area contributed by atoms with Crippen molar-refractivity contribution in [3.05, 3.63) is 12.3 Å². The molecule has 1 fully saturated rings. The summed E-state index contributed by atoms with van der Waals surface area (Å²) in [6.07, 6.45) is 4.31. The third kappa shape index (κ3) is 4.14. The van der Waals surface area contributed by atoms with E-state index >= 15 is 0 Å². The van der Waals surface area contributed by atoms with Crippen molar-refractivity contribution in [2.45, 2.75) is 51.4 Å². The first-order valence-electron chi connectivity index (χ1n) is 7.55. The first-order valence-corrected chi connectivity index (χ1v) is 8.60. The Morgan fingerprint density at radius 1 is 1.43 bits per heavy atom. The Bertz CT molecular complexity index is 390. The standard InChI is InChI=1S/C15H27N3O2S/c1-11(2)18(12(3)4)13-6-7-17(10-16-13)14-9-21-15(20-14)8-19-5/h6-7,11-12,14-15H,8-10H2,1-5H3/t14-,15+/m1/s1. The lowest BCUT2D eigenvalue weighted by Crippen LogP contribution is -2.44. The largest absolute Gasteiger partial charge is 0.381 e. The van der Waals surface area contributed by atoms with Crippen LogP contribution in [0.4, 0.5) is 0 Å². The number of amidine groups is 1. The van der Waals surface area contributed by atoms with Crippen molar-refractivity contribution < 1.29 is 9.47 Å². The van der Waals surface area contributed by atoms with Crippen LogP contribution in [0.3, 0.4) is 0 Å². The van der Waals surface area contributed by atoms with E-state index in [0.717, 1.165) is 11.6 Å². The van der Waals surface area contributed by atoms with Crippen LogP contribution in [0.5, 0.6) is 0 Å². The lowest BCUT2D eigenvalue weighted by molar-refractivity contribution is -0.0414. The summed E-state index contributed by atoms with van der Waals surface area (Å²) in [5.74, 6) is 2.02. The lowest BCUT2D eigenvalue weighted by Gasteiger charge is -2.36. The lowest BCUT2D eigenvalue weighted by atomic mass is 10.2. The predicted octanol–water partition coefficient (Wildman–Crippen LogP) is 2.35. The third-order valence-corrected chi connectivity index (χ3v) is 4.69. The van der Waals surface area contributed by atoms with Crippen LogP contribution in [0.25, 0.3) is 0 Å². The molecule has 120 valence electrons. The van der Waals surface area contributed by atoms with Crippen LogP contribution in [0.1, 0.15) is 27.7 Å². The van der Waals surface area contributed by atoms with Crippen molar-refractivity contribution in [1.29, 1.82) is 0 Å². The highest BCUT2D eigenvalue weighted by Gasteiger charge is 2.30. The molecule has 0 radical (unpaired) electrons. The Morgan fingerprint density at radius 3 is 2.67 bits per heavy atom. The predicted molar refractivity (Wildman–Crippen MR) is 88.4 cm³/mol. The van der Waals surface area contributed by atoms with Gasteiger partial charge in [-0.05, 0) is 33.8 Å². The molecule has 2 atom stereocenters. The summed E-state index contributed by atoms with van der Waals surface area (Å²) in [5.41, 5.74) is 0.140. The van der Waals surface area contributed by atoms with Crippen LogP contribution in [-0.2, 0) is 9.47 Å². The topological polar surface area (TPSA) is 37.3 Å². The van der Waals surface area contributed by atoms with E-state index in [1.54, 1.807) is 18.9 Å². The molecular formula is C15H27N3O2S. The van der Waals surface area contributed by atoms with Gasteiger partial charge in [0.1, 0.15) is 24.2 Å². The van der Waals surface area contributed by atoms with Gasteiger partial charge in [0.05, 0.1) is 6.61 Å². The van der Waals surface area contributed by atoms with Gasteiger partial charge >= 0.3 is 0 Å². The first-order chi connectivity index (χ1) is 10.0. The summed E-state index contributed by atoms with van der Waals surface area (Å²) >= 11 is 1.80. The zero-order valence-corrected chi connectivity index (χ0v) is 14.5. The molecule has 0 aromatic heterocycles. The average Bonchev–Trinajstić information content (AvgIpc) is 2.88. The Kier molecular flexibility index (Phi) is 5.96. The molecule has 2 rings (SSSR count). The van der Waals surface area contributed by atoms with Gasteiger partial charge in [-0.25, -0.2) is 4.99 Å². The number of hydrogen-bond acceptors (Lipinski definition) is 6. The van der Waals surface area contributed by atoms with Gasteiger partial charge in [0.15, 0.2) is 0 Å². The van der Waals surface area contributed by atoms with Gasteiger partial charge in [-0.2, -0.15) is 0 Å². The highest BCUT2D eigenvalue weighted by molar-refractivity contribution is 8.00. The van der Waals surface area contributed by atoms with Gasteiger partial charge in [-0.3, -0.25) is 0 Å². The van der Waals surface area contributed by atoms with Crippen LogP contribution in [0.15, 0.2) is 17.3 Å². The molecule has 0 saturated carbocycles. The molecule has 0 amide bonds. The van der Waals surface area contributed by atoms with Crippen molar-refractivity contribution in [3.63, 3.8) is 0 Å². The second kappa shape index (κ2) is 7.51. The van der Waals surface area contributed by atoms with Gasteiger partial charge in [-0.1, -0.05) is 0 Å². The Balaban J connectivity index is 1.92. The van der Waals surface area contributed by atoms with Crippen LogP contribution < -0.4 is 0 Å². The van der Waals surface area contributed by atoms with Gasteiger partial charge < -0.3 is 19.3 Å². The quantitative estimate of drug-likeness (QED) is 0.779. The molecule has 6 heteroatoms. The van der Waals surface area contributed by atoms with Crippen LogP contribution in [0.2, 0.25) is 0 Å². The average molecular weight is 313 g/mol. The van der Waals surface area contributed by atoms with Crippen LogP contribution in [0, 0.1) is 0 Å². The van der Waals surface area contributed by atoms with Crippen molar-refractivity contribution in [2.24, 2.45) is 4.99 Å². The summed E-state index contributed by atoms with van der Waals surface area (Å²) in [6.45, 7) is 10.1. The molecule has 21 heavy (non-hydrogen) atoms. The minimum atomic E-state index is 0.100. The fourth-order valence-electron chi connectivity index (χ4n) is 2.74. The van der Waals surface area contributed by atoms with E-state index in [1.165, 1.54) is 0 Å². The van der Waals surface area contributed by atoms with Gasteiger partial charge in [-0.15, -0.1) is 11.8 Å². The van der Waals surface area contributed by atoms with E-state index in [1.807, 2.05) is 0 Å². The van der Waals surface area contributed by atoms with Crippen molar-refractivity contribution in [3.8, 4) is 0 Å². The van der Waals surface area contributed by atoms with Crippen molar-refractivity contribution in [2.75, 3.05) is 26.1 Å². The summed E-state index contributed by atoms with van der Waals surface area (Å²) in [6, 6.07) is 0.897. The molecule has 0 aromatic carbocycles. The number of ether oxygens (including phenoxy) is 2. The maximum atomic E-state index is 5.96. The minimum absolute atomic E-state index is 0.100. The fraction of sp³-hybridized carbons (Fsp3) is 0.800. The first kappa shape index (κ1) is 16.6. The van der Waals surface area contributed by atoms with E-state index in [-0.39, 0.29) is 11.7 Å². The summed E-state index contributed by atoms with van der Waals surface area (Å²) in [5, 5.41) is 0. The zero-order chi connectivity index (χ0) is 15.4. The van der Waals surface area contributed by atoms with E-state index in [2.05, 4.69) is 49.8 Å². The number of aliphatic imine (C=N–C) groups is 1. The summed E-state index contributed by atoms with van der Waals surface area (Å²) in [4.78, 5) is 9.23. The van der Waals surface area contributed by atoms with Crippen molar-refractivity contribution >= 4 is 17.6 Å². The molecule has 0 spiro atoms. The minimum Gasteiger partial charge on any atom is -0.381 e. The van der Waals surface area contributed by atoms with Gasteiger partial charge in [0, 0.05) is 31.1 Å². The molecule has 2 aliphatic rings. The number of nitrogens with zero attached hydrogens (tertiary/aromatic N) is 3. The van der Waals surface area contributed by atoms with E-state index in [4.69, 9.17) is 14.5 Å².